The highest BCUT2D eigenvalue weighted by Gasteiger charge is 2.49. The maximum Gasteiger partial charge on any atom is 0.322 e. The normalized spacial score (nSPS) is 19.2. The number of carbonyl (C=O) groups excluding carboxylic acids is 3. The molecule has 162 valence electrons. The maximum absolute atomic E-state index is 13.5. The molecule has 0 saturated heterocycles. The number of nitrogens with zero attached hydrogens (tertiary/aromatic N) is 2. The second kappa shape index (κ2) is 8.47. The fourth-order valence-corrected chi connectivity index (χ4v) is 3.98. The van der Waals surface area contributed by atoms with Crippen LogP contribution in [0.1, 0.15) is 37.9 Å². The first-order valence-corrected chi connectivity index (χ1v) is 10.2. The zero-order valence-corrected chi connectivity index (χ0v) is 18.2. The van der Waals surface area contributed by atoms with E-state index in [-0.39, 0.29) is 24.4 Å². The fourth-order valence-electron chi connectivity index (χ4n) is 3.98. The van der Waals surface area contributed by atoms with Crippen LogP contribution in [0.15, 0.2) is 35.5 Å². The van der Waals surface area contributed by atoms with Gasteiger partial charge in [0.15, 0.2) is 0 Å². The van der Waals surface area contributed by atoms with Crippen LogP contribution in [-0.2, 0) is 14.3 Å². The summed E-state index contributed by atoms with van der Waals surface area (Å²) in [6, 6.07) is 6.98. The molecule has 1 aromatic rings. The van der Waals surface area contributed by atoms with Crippen molar-refractivity contribution >= 4 is 17.8 Å². The molecule has 1 atom stereocenters. The van der Waals surface area contributed by atoms with Crippen molar-refractivity contribution in [3.8, 4) is 0 Å². The second-order valence-electron chi connectivity index (χ2n) is 8.10. The monoisotopic (exact) mass is 414 g/mol. The van der Waals surface area contributed by atoms with Crippen molar-refractivity contribution in [2.45, 2.75) is 39.3 Å². The van der Waals surface area contributed by atoms with E-state index in [1.54, 1.807) is 30.8 Å². The van der Waals surface area contributed by atoms with Gasteiger partial charge in [0.05, 0.1) is 30.5 Å². The van der Waals surface area contributed by atoms with Gasteiger partial charge in [-0.05, 0) is 33.3 Å². The Kier molecular flexibility index (Phi) is 6.17. The number of amides is 4. The van der Waals surface area contributed by atoms with Crippen LogP contribution in [-0.4, -0.2) is 66.5 Å². The number of carbonyl (C=O) groups is 3. The molecule has 0 spiro atoms. The Labute approximate surface area is 177 Å². The van der Waals surface area contributed by atoms with E-state index in [0.717, 1.165) is 11.1 Å². The molecule has 2 heterocycles. The number of hydrogen-bond donors (Lipinski definition) is 2. The van der Waals surface area contributed by atoms with Crippen LogP contribution in [0.2, 0.25) is 0 Å². The minimum atomic E-state index is -1.08. The quantitative estimate of drug-likeness (QED) is 0.665. The Morgan fingerprint density at radius 3 is 2.70 bits per heavy atom. The Balaban J connectivity index is 1.96. The minimum Gasteiger partial charge on any atom is -0.383 e. The Morgan fingerprint density at radius 2 is 2.07 bits per heavy atom. The molecular weight excluding hydrogens is 384 g/mol. The predicted octanol–water partition coefficient (Wildman–Crippen LogP) is 1.72. The highest BCUT2D eigenvalue weighted by atomic mass is 16.5. The molecule has 0 saturated carbocycles. The van der Waals surface area contributed by atoms with Crippen LogP contribution in [0.3, 0.4) is 0 Å². The maximum atomic E-state index is 13.5. The highest BCUT2D eigenvalue weighted by Crippen LogP contribution is 2.38. The van der Waals surface area contributed by atoms with Gasteiger partial charge >= 0.3 is 6.03 Å². The average molecular weight is 415 g/mol. The number of benzene rings is 1. The lowest BCUT2D eigenvalue weighted by Crippen LogP contribution is -2.56. The van der Waals surface area contributed by atoms with E-state index in [4.69, 9.17) is 4.74 Å². The summed E-state index contributed by atoms with van der Waals surface area (Å²) in [5.41, 5.74) is 2.00. The number of likely N-dealkylation sites (N-methyl/N-ethyl adjacent to an activating group) is 1. The largest absolute Gasteiger partial charge is 0.383 e. The Hall–Kier alpha value is -2.87. The molecule has 2 N–H and O–H groups in total. The van der Waals surface area contributed by atoms with Crippen molar-refractivity contribution in [2.75, 3.05) is 33.4 Å². The third-order valence-corrected chi connectivity index (χ3v) is 5.74. The molecule has 0 unspecified atom stereocenters. The number of hydrogen-bond acceptors (Lipinski definition) is 4. The van der Waals surface area contributed by atoms with Gasteiger partial charge in [-0.25, -0.2) is 4.79 Å². The van der Waals surface area contributed by atoms with E-state index < -0.39 is 11.6 Å². The SMILES string of the molecule is CCN1C(=O)N[C@@H](c2cccc(C)c2)C2=C1CN(C(C)(C)C(=O)NCCOC)C2=O. The van der Waals surface area contributed by atoms with Gasteiger partial charge in [-0.3, -0.25) is 14.5 Å². The van der Waals surface area contributed by atoms with Gasteiger partial charge in [-0.2, -0.15) is 0 Å². The van der Waals surface area contributed by atoms with Crippen LogP contribution in [0.4, 0.5) is 4.79 Å². The van der Waals surface area contributed by atoms with Crippen LogP contribution in [0.25, 0.3) is 0 Å². The van der Waals surface area contributed by atoms with Crippen LogP contribution in [0, 0.1) is 6.92 Å². The summed E-state index contributed by atoms with van der Waals surface area (Å²) in [5.74, 6) is -0.496. The first-order valence-electron chi connectivity index (χ1n) is 10.2. The zero-order chi connectivity index (χ0) is 22.1. The molecule has 0 radical (unpaired) electrons. The van der Waals surface area contributed by atoms with E-state index in [2.05, 4.69) is 10.6 Å². The van der Waals surface area contributed by atoms with Crippen molar-refractivity contribution in [2.24, 2.45) is 0 Å². The molecule has 0 aromatic heterocycles. The number of rotatable bonds is 7. The topological polar surface area (TPSA) is 91.0 Å². The van der Waals surface area contributed by atoms with Crippen molar-refractivity contribution in [1.82, 2.24) is 20.4 Å². The number of ether oxygens (including phenoxy) is 1. The predicted molar refractivity (Wildman–Crippen MR) is 113 cm³/mol. The molecule has 0 aliphatic carbocycles. The molecule has 30 heavy (non-hydrogen) atoms. The van der Waals surface area contributed by atoms with E-state index in [1.807, 2.05) is 38.1 Å². The average Bonchev–Trinajstić information content (AvgIpc) is 3.05. The number of aryl methyl sites for hydroxylation is 1. The summed E-state index contributed by atoms with van der Waals surface area (Å²) in [6.07, 6.45) is 0. The van der Waals surface area contributed by atoms with Gasteiger partial charge in [0.1, 0.15) is 5.54 Å². The van der Waals surface area contributed by atoms with Crippen molar-refractivity contribution in [3.05, 3.63) is 46.7 Å². The summed E-state index contributed by atoms with van der Waals surface area (Å²) >= 11 is 0. The lowest BCUT2D eigenvalue weighted by Gasteiger charge is -2.34. The van der Waals surface area contributed by atoms with Crippen molar-refractivity contribution in [3.63, 3.8) is 0 Å². The molecule has 1 aromatic carbocycles. The third kappa shape index (κ3) is 3.79. The summed E-state index contributed by atoms with van der Waals surface area (Å²) in [5, 5.41) is 5.78. The van der Waals surface area contributed by atoms with Gasteiger partial charge in [0.2, 0.25) is 5.91 Å². The zero-order valence-electron chi connectivity index (χ0n) is 18.2. The van der Waals surface area contributed by atoms with Crippen molar-refractivity contribution in [1.29, 1.82) is 0 Å². The number of nitrogens with one attached hydrogen (secondary N) is 2. The summed E-state index contributed by atoms with van der Waals surface area (Å²) in [4.78, 5) is 42.3. The van der Waals surface area contributed by atoms with Gasteiger partial charge in [-0.1, -0.05) is 29.8 Å². The minimum absolute atomic E-state index is 0.211. The van der Waals surface area contributed by atoms with E-state index >= 15 is 0 Å². The summed E-state index contributed by atoms with van der Waals surface area (Å²) < 4.78 is 4.99. The lowest BCUT2D eigenvalue weighted by molar-refractivity contribution is -0.141. The summed E-state index contributed by atoms with van der Waals surface area (Å²) in [6.45, 7) is 8.68. The molecule has 2 aliphatic rings. The van der Waals surface area contributed by atoms with Crippen LogP contribution in [0.5, 0.6) is 0 Å². The molecule has 0 bridgehead atoms. The molecule has 2 aliphatic heterocycles. The van der Waals surface area contributed by atoms with Gasteiger partial charge < -0.3 is 20.3 Å². The first-order chi connectivity index (χ1) is 14.2. The highest BCUT2D eigenvalue weighted by molar-refractivity contribution is 6.04. The molecule has 4 amide bonds. The second-order valence-corrected chi connectivity index (χ2v) is 8.10. The van der Waals surface area contributed by atoms with E-state index in [0.29, 0.717) is 31.0 Å². The van der Waals surface area contributed by atoms with Gasteiger partial charge in [0, 0.05) is 20.2 Å². The van der Waals surface area contributed by atoms with Crippen molar-refractivity contribution < 1.29 is 19.1 Å². The first kappa shape index (κ1) is 21.8. The van der Waals surface area contributed by atoms with Crippen LogP contribution < -0.4 is 10.6 Å². The summed E-state index contributed by atoms with van der Waals surface area (Å²) in [7, 11) is 1.56. The number of methoxy groups -OCH3 is 1. The Morgan fingerprint density at radius 1 is 1.33 bits per heavy atom. The fraction of sp³-hybridized carbons (Fsp3) is 0.500. The molecule has 8 heteroatoms. The molecule has 0 fully saturated rings. The van der Waals surface area contributed by atoms with Gasteiger partial charge in [-0.15, -0.1) is 0 Å². The van der Waals surface area contributed by atoms with Gasteiger partial charge in [0.25, 0.3) is 5.91 Å². The van der Waals surface area contributed by atoms with E-state index in [1.165, 1.54) is 0 Å². The molecule has 8 nitrogen and oxygen atoms in total. The lowest BCUT2D eigenvalue weighted by atomic mass is 9.94. The smallest absolute Gasteiger partial charge is 0.322 e. The molecular formula is C22H30N4O4. The van der Waals surface area contributed by atoms with E-state index in [9.17, 15) is 14.4 Å². The molecule has 3 rings (SSSR count). The van der Waals surface area contributed by atoms with Crippen LogP contribution >= 0.6 is 0 Å². The third-order valence-electron chi connectivity index (χ3n) is 5.74. The standard InChI is InChI=1S/C22H30N4O4/c1-6-25-16-13-26(22(3,4)20(28)23-10-11-30-5)19(27)17(16)18(24-21(25)29)15-9-7-8-14(2)12-15/h7-9,12,18H,6,10-11,13H2,1-5H3,(H,23,28)(H,24,29)/t18-/m0/s1. The number of urea groups is 1. The Bertz CT molecular complexity index is 893.